The summed E-state index contributed by atoms with van der Waals surface area (Å²) in [5.41, 5.74) is 0.0264. The first kappa shape index (κ1) is 21.4. The van der Waals surface area contributed by atoms with E-state index in [9.17, 15) is 18.0 Å². The smallest absolute Gasteiger partial charge is 0.378 e. The van der Waals surface area contributed by atoms with Gasteiger partial charge in [-0.3, -0.25) is 4.79 Å². The van der Waals surface area contributed by atoms with Crippen LogP contribution in [0.1, 0.15) is 38.2 Å². The van der Waals surface area contributed by atoms with Crippen LogP contribution in [-0.4, -0.2) is 37.3 Å². The number of hydrogen-bond donors (Lipinski definition) is 2. The fourth-order valence-corrected chi connectivity index (χ4v) is 2.99. The number of ether oxygens (including phenoxy) is 1. The van der Waals surface area contributed by atoms with Gasteiger partial charge >= 0.3 is 6.18 Å². The molecule has 1 heterocycles. The van der Waals surface area contributed by atoms with Gasteiger partial charge in [-0.1, -0.05) is 19.8 Å². The van der Waals surface area contributed by atoms with E-state index in [1.165, 1.54) is 6.07 Å². The molecule has 0 unspecified atom stereocenters. The topological polar surface area (TPSA) is 53.6 Å². The Morgan fingerprint density at radius 2 is 1.96 bits per heavy atom. The SMILES string of the molecule is CCCCCC(=O)NC(=S)Nc1cc(C(F)(F)F)ccc1N1CCOCC1. The lowest BCUT2D eigenvalue weighted by Crippen LogP contribution is -2.38. The van der Waals surface area contributed by atoms with E-state index >= 15 is 0 Å². The first-order valence-corrected chi connectivity index (χ1v) is 9.37. The Kier molecular flexibility index (Phi) is 7.85. The molecule has 5 nitrogen and oxygen atoms in total. The van der Waals surface area contributed by atoms with Crippen LogP contribution in [-0.2, 0) is 15.7 Å². The van der Waals surface area contributed by atoms with Crippen molar-refractivity contribution in [1.29, 1.82) is 0 Å². The highest BCUT2D eigenvalue weighted by atomic mass is 32.1. The Morgan fingerprint density at radius 1 is 1.26 bits per heavy atom. The van der Waals surface area contributed by atoms with Crippen molar-refractivity contribution in [3.63, 3.8) is 0 Å². The Balaban J connectivity index is 2.13. The third-order valence-electron chi connectivity index (χ3n) is 4.18. The summed E-state index contributed by atoms with van der Waals surface area (Å²) >= 11 is 5.12. The predicted molar refractivity (Wildman–Crippen MR) is 103 cm³/mol. The Labute approximate surface area is 162 Å². The molecule has 27 heavy (non-hydrogen) atoms. The van der Waals surface area contributed by atoms with Gasteiger partial charge in [0.15, 0.2) is 5.11 Å². The van der Waals surface area contributed by atoms with Gasteiger partial charge in [-0.25, -0.2) is 0 Å². The zero-order chi connectivity index (χ0) is 19.9. The maximum Gasteiger partial charge on any atom is 0.416 e. The zero-order valence-corrected chi connectivity index (χ0v) is 16.0. The molecular formula is C18H24F3N3O2S. The summed E-state index contributed by atoms with van der Waals surface area (Å²) in [6.07, 6.45) is -1.47. The number of carbonyl (C=O) groups is 1. The number of anilines is 2. The number of benzene rings is 1. The molecule has 0 saturated carbocycles. The molecule has 1 fully saturated rings. The monoisotopic (exact) mass is 403 g/mol. The first-order chi connectivity index (χ1) is 12.8. The maximum absolute atomic E-state index is 13.1. The van der Waals surface area contributed by atoms with Crippen LogP contribution in [0.15, 0.2) is 18.2 Å². The molecule has 0 aliphatic carbocycles. The van der Waals surface area contributed by atoms with Crippen molar-refractivity contribution in [3.8, 4) is 0 Å². The second kappa shape index (κ2) is 9.89. The van der Waals surface area contributed by atoms with Gasteiger partial charge in [0.1, 0.15) is 0 Å². The van der Waals surface area contributed by atoms with E-state index in [0.29, 0.717) is 38.4 Å². The zero-order valence-electron chi connectivity index (χ0n) is 15.2. The molecule has 0 bridgehead atoms. The molecule has 1 amide bonds. The number of unbranched alkanes of at least 4 members (excludes halogenated alkanes) is 2. The van der Waals surface area contributed by atoms with Gasteiger partial charge in [0.05, 0.1) is 30.2 Å². The molecule has 2 rings (SSSR count). The van der Waals surface area contributed by atoms with E-state index in [1.807, 2.05) is 11.8 Å². The highest BCUT2D eigenvalue weighted by Gasteiger charge is 2.31. The third kappa shape index (κ3) is 6.66. The van der Waals surface area contributed by atoms with Crippen LogP contribution in [0.2, 0.25) is 0 Å². The number of nitrogens with one attached hydrogen (secondary N) is 2. The molecular weight excluding hydrogens is 379 g/mol. The van der Waals surface area contributed by atoms with Crippen molar-refractivity contribution >= 4 is 34.6 Å². The van der Waals surface area contributed by atoms with E-state index in [1.54, 1.807) is 0 Å². The van der Waals surface area contributed by atoms with Gasteiger partial charge in [-0.2, -0.15) is 13.2 Å². The standard InChI is InChI=1S/C18H24F3N3O2S/c1-2-3-4-5-16(25)23-17(27)22-14-12-13(18(19,20)21)6-7-15(14)24-8-10-26-11-9-24/h6-7,12H,2-5,8-11H2,1H3,(H2,22,23,25,27). The van der Waals surface area contributed by atoms with Crippen molar-refractivity contribution in [3.05, 3.63) is 23.8 Å². The molecule has 0 atom stereocenters. The molecule has 1 aliphatic rings. The third-order valence-corrected chi connectivity index (χ3v) is 4.39. The van der Waals surface area contributed by atoms with E-state index in [4.69, 9.17) is 17.0 Å². The highest BCUT2D eigenvalue weighted by Crippen LogP contribution is 2.35. The van der Waals surface area contributed by atoms with Gasteiger partial charge in [0.25, 0.3) is 0 Å². The molecule has 9 heteroatoms. The van der Waals surface area contributed by atoms with Gasteiger partial charge in [-0.05, 0) is 36.8 Å². The molecule has 0 radical (unpaired) electrons. The summed E-state index contributed by atoms with van der Waals surface area (Å²) in [6, 6.07) is 3.48. The predicted octanol–water partition coefficient (Wildman–Crippen LogP) is 3.94. The van der Waals surface area contributed by atoms with Crippen LogP contribution in [0.3, 0.4) is 0 Å². The Morgan fingerprint density at radius 3 is 2.59 bits per heavy atom. The van der Waals surface area contributed by atoms with Crippen molar-refractivity contribution in [2.24, 2.45) is 0 Å². The highest BCUT2D eigenvalue weighted by molar-refractivity contribution is 7.80. The van der Waals surface area contributed by atoms with Gasteiger partial charge in [0.2, 0.25) is 5.91 Å². The van der Waals surface area contributed by atoms with Crippen LogP contribution in [0.5, 0.6) is 0 Å². The molecule has 1 aromatic carbocycles. The molecule has 1 aromatic rings. The number of hydrogen-bond acceptors (Lipinski definition) is 4. The van der Waals surface area contributed by atoms with Crippen LogP contribution in [0, 0.1) is 0 Å². The molecule has 1 aliphatic heterocycles. The van der Waals surface area contributed by atoms with Gasteiger partial charge in [0, 0.05) is 19.5 Å². The molecule has 150 valence electrons. The largest absolute Gasteiger partial charge is 0.416 e. The van der Waals surface area contributed by atoms with Crippen LogP contribution < -0.4 is 15.5 Å². The summed E-state index contributed by atoms with van der Waals surface area (Å²) in [7, 11) is 0. The van der Waals surface area contributed by atoms with Crippen LogP contribution >= 0.6 is 12.2 Å². The number of thiocarbonyl (C=S) groups is 1. The van der Waals surface area contributed by atoms with E-state index < -0.39 is 11.7 Å². The minimum atomic E-state index is -4.47. The van der Waals surface area contributed by atoms with Gasteiger partial charge < -0.3 is 20.3 Å². The summed E-state index contributed by atoms with van der Waals surface area (Å²) in [6.45, 7) is 4.16. The Hall–Kier alpha value is -1.87. The second-order valence-electron chi connectivity index (χ2n) is 6.29. The minimum Gasteiger partial charge on any atom is -0.378 e. The van der Waals surface area contributed by atoms with Gasteiger partial charge in [-0.15, -0.1) is 0 Å². The molecule has 0 spiro atoms. The lowest BCUT2D eigenvalue weighted by molar-refractivity contribution is -0.137. The quantitative estimate of drug-likeness (QED) is 0.557. The van der Waals surface area contributed by atoms with Crippen LogP contribution in [0.4, 0.5) is 24.5 Å². The van der Waals surface area contributed by atoms with Crippen molar-refractivity contribution in [2.45, 2.75) is 38.8 Å². The number of morpholine rings is 1. The lowest BCUT2D eigenvalue weighted by atomic mass is 10.1. The average molecular weight is 403 g/mol. The summed E-state index contributed by atoms with van der Waals surface area (Å²) < 4.78 is 44.6. The molecule has 0 aromatic heterocycles. The summed E-state index contributed by atoms with van der Waals surface area (Å²) in [5, 5.41) is 5.28. The number of rotatable bonds is 6. The number of carbonyl (C=O) groups excluding carboxylic acids is 1. The lowest BCUT2D eigenvalue weighted by Gasteiger charge is -2.31. The van der Waals surface area contributed by atoms with Crippen molar-refractivity contribution in [2.75, 3.05) is 36.5 Å². The summed E-state index contributed by atoms with van der Waals surface area (Å²) in [5.74, 6) is -0.249. The normalized spacial score (nSPS) is 14.7. The maximum atomic E-state index is 13.1. The number of alkyl halides is 3. The fourth-order valence-electron chi connectivity index (χ4n) is 2.77. The average Bonchev–Trinajstić information content (AvgIpc) is 2.61. The van der Waals surface area contributed by atoms with E-state index in [2.05, 4.69) is 10.6 Å². The Bertz CT molecular complexity index is 662. The van der Waals surface area contributed by atoms with Crippen LogP contribution in [0.25, 0.3) is 0 Å². The van der Waals surface area contributed by atoms with Crippen molar-refractivity contribution < 1.29 is 22.7 Å². The van der Waals surface area contributed by atoms with E-state index in [-0.39, 0.29) is 16.7 Å². The molecule has 1 saturated heterocycles. The number of amides is 1. The summed E-state index contributed by atoms with van der Waals surface area (Å²) in [4.78, 5) is 13.8. The van der Waals surface area contributed by atoms with E-state index in [0.717, 1.165) is 31.4 Å². The fraction of sp³-hybridized carbons (Fsp3) is 0.556. The second-order valence-corrected chi connectivity index (χ2v) is 6.70. The minimum absolute atomic E-state index is 0.00895. The molecule has 2 N–H and O–H groups in total. The number of nitrogens with zero attached hydrogens (tertiary/aromatic N) is 1. The van der Waals surface area contributed by atoms with Crippen molar-refractivity contribution in [1.82, 2.24) is 5.32 Å². The first-order valence-electron chi connectivity index (χ1n) is 8.96. The number of halogens is 3.